The Balaban J connectivity index is 1.93. The molecular formula is C16H14N4O. The van der Waals surface area contributed by atoms with Gasteiger partial charge in [-0.25, -0.2) is 9.97 Å². The van der Waals surface area contributed by atoms with E-state index in [1.807, 2.05) is 41.7 Å². The molecule has 0 N–H and O–H groups in total. The Kier molecular flexibility index (Phi) is 3.52. The average molecular weight is 278 g/mol. The van der Waals surface area contributed by atoms with Crippen LogP contribution in [0.15, 0.2) is 42.7 Å². The second-order valence-corrected chi connectivity index (χ2v) is 4.68. The Morgan fingerprint density at radius 1 is 1.29 bits per heavy atom. The van der Waals surface area contributed by atoms with Gasteiger partial charge in [-0.1, -0.05) is 30.3 Å². The highest BCUT2D eigenvalue weighted by molar-refractivity contribution is 5.52. The number of rotatable bonds is 4. The number of imidazole rings is 1. The summed E-state index contributed by atoms with van der Waals surface area (Å²) in [5.41, 5.74) is 3.42. The van der Waals surface area contributed by atoms with Gasteiger partial charge in [-0.15, -0.1) is 0 Å². The maximum absolute atomic E-state index is 8.91. The molecule has 5 nitrogen and oxygen atoms in total. The largest absolute Gasteiger partial charge is 0.470 e. The van der Waals surface area contributed by atoms with E-state index in [0.717, 1.165) is 17.0 Å². The van der Waals surface area contributed by atoms with Crippen LogP contribution in [0.5, 0.6) is 5.88 Å². The van der Waals surface area contributed by atoms with Crippen molar-refractivity contribution in [2.75, 3.05) is 0 Å². The molecule has 2 heterocycles. The molecule has 0 amide bonds. The van der Waals surface area contributed by atoms with Crippen molar-refractivity contribution in [2.24, 2.45) is 0 Å². The third-order valence-electron chi connectivity index (χ3n) is 3.27. The minimum Gasteiger partial charge on any atom is -0.470 e. The predicted molar refractivity (Wildman–Crippen MR) is 77.8 cm³/mol. The molecule has 0 radical (unpaired) electrons. The number of nitrogens with zero attached hydrogens (tertiary/aromatic N) is 4. The van der Waals surface area contributed by atoms with Crippen LogP contribution in [0.3, 0.4) is 0 Å². The van der Waals surface area contributed by atoms with E-state index in [-0.39, 0.29) is 0 Å². The third-order valence-corrected chi connectivity index (χ3v) is 3.27. The van der Waals surface area contributed by atoms with Gasteiger partial charge >= 0.3 is 0 Å². The Hall–Kier alpha value is -2.87. The van der Waals surface area contributed by atoms with Crippen LogP contribution in [0.2, 0.25) is 0 Å². The van der Waals surface area contributed by atoms with Crippen LogP contribution >= 0.6 is 0 Å². The molecule has 104 valence electrons. The van der Waals surface area contributed by atoms with Crippen LogP contribution in [0, 0.1) is 18.3 Å². The number of aromatic nitrogens is 3. The van der Waals surface area contributed by atoms with Crippen molar-refractivity contribution in [2.45, 2.75) is 20.0 Å². The Labute approximate surface area is 122 Å². The Morgan fingerprint density at radius 3 is 2.86 bits per heavy atom. The fraction of sp³-hybridized carbons (Fsp3) is 0.188. The van der Waals surface area contributed by atoms with Gasteiger partial charge in [0.05, 0.1) is 23.9 Å². The lowest BCUT2D eigenvalue weighted by molar-refractivity contribution is 0.296. The van der Waals surface area contributed by atoms with Crippen LogP contribution in [0.25, 0.3) is 5.65 Å². The summed E-state index contributed by atoms with van der Waals surface area (Å²) in [5.74, 6) is 0.480. The second kappa shape index (κ2) is 5.63. The summed E-state index contributed by atoms with van der Waals surface area (Å²) < 4.78 is 7.64. The molecule has 0 bridgehead atoms. The smallest absolute Gasteiger partial charge is 0.258 e. The van der Waals surface area contributed by atoms with E-state index < -0.39 is 0 Å². The van der Waals surface area contributed by atoms with Gasteiger partial charge in [0.15, 0.2) is 0 Å². The summed E-state index contributed by atoms with van der Waals surface area (Å²) in [6, 6.07) is 12.1. The zero-order chi connectivity index (χ0) is 14.7. The van der Waals surface area contributed by atoms with E-state index in [1.54, 1.807) is 12.4 Å². The predicted octanol–water partition coefficient (Wildman–Crippen LogP) is 2.68. The number of fused-ring (bicyclic) bond motifs is 1. The number of nitriles is 1. The molecule has 0 aliphatic heterocycles. The number of benzene rings is 1. The van der Waals surface area contributed by atoms with Gasteiger partial charge in [0.1, 0.15) is 6.61 Å². The Morgan fingerprint density at radius 2 is 2.10 bits per heavy atom. The lowest BCUT2D eigenvalue weighted by Crippen LogP contribution is -2.00. The van der Waals surface area contributed by atoms with Crippen LogP contribution in [0.1, 0.15) is 17.0 Å². The molecule has 0 aliphatic rings. The maximum Gasteiger partial charge on any atom is 0.258 e. The molecule has 0 aliphatic carbocycles. The zero-order valence-corrected chi connectivity index (χ0v) is 11.7. The van der Waals surface area contributed by atoms with Crippen LogP contribution in [-0.4, -0.2) is 14.4 Å². The fourth-order valence-corrected chi connectivity index (χ4v) is 2.23. The quantitative estimate of drug-likeness (QED) is 0.736. The number of aryl methyl sites for hydroxylation is 1. The fourth-order valence-electron chi connectivity index (χ4n) is 2.23. The summed E-state index contributed by atoms with van der Waals surface area (Å²) in [5, 5.41) is 8.91. The first-order valence-electron chi connectivity index (χ1n) is 6.66. The van der Waals surface area contributed by atoms with E-state index in [0.29, 0.717) is 24.6 Å². The van der Waals surface area contributed by atoms with E-state index in [4.69, 9.17) is 10.00 Å². The molecule has 0 unspecified atom stereocenters. The Bertz CT molecular complexity index is 802. The molecule has 0 spiro atoms. The van der Waals surface area contributed by atoms with E-state index in [9.17, 15) is 0 Å². The van der Waals surface area contributed by atoms with E-state index >= 15 is 0 Å². The lowest BCUT2D eigenvalue weighted by Gasteiger charge is -2.06. The normalized spacial score (nSPS) is 10.5. The first-order valence-corrected chi connectivity index (χ1v) is 6.66. The van der Waals surface area contributed by atoms with Gasteiger partial charge in [0, 0.05) is 12.4 Å². The number of hydrogen-bond acceptors (Lipinski definition) is 4. The van der Waals surface area contributed by atoms with Crippen molar-refractivity contribution in [1.29, 1.82) is 5.26 Å². The van der Waals surface area contributed by atoms with Gasteiger partial charge in [0.2, 0.25) is 5.65 Å². The molecular weight excluding hydrogens is 264 g/mol. The van der Waals surface area contributed by atoms with E-state index in [2.05, 4.69) is 16.0 Å². The molecule has 0 saturated carbocycles. The van der Waals surface area contributed by atoms with E-state index in [1.165, 1.54) is 0 Å². The highest BCUT2D eigenvalue weighted by atomic mass is 16.5. The van der Waals surface area contributed by atoms with Gasteiger partial charge in [-0.3, -0.25) is 4.40 Å². The van der Waals surface area contributed by atoms with Crippen molar-refractivity contribution in [3.63, 3.8) is 0 Å². The summed E-state index contributed by atoms with van der Waals surface area (Å²) in [4.78, 5) is 8.72. The molecule has 5 heteroatoms. The summed E-state index contributed by atoms with van der Waals surface area (Å²) in [6.45, 7) is 2.33. The first kappa shape index (κ1) is 13.1. The SMILES string of the molecule is Cc1nc2c(OCc3ccccc3)nccn2c1CC#N. The molecule has 0 saturated heterocycles. The number of ether oxygens (including phenoxy) is 1. The minimum absolute atomic E-state index is 0.315. The minimum atomic E-state index is 0.315. The monoisotopic (exact) mass is 278 g/mol. The first-order chi connectivity index (χ1) is 10.3. The molecule has 1 aromatic carbocycles. The molecule has 3 rings (SSSR count). The maximum atomic E-state index is 8.91. The highest BCUT2D eigenvalue weighted by Crippen LogP contribution is 2.20. The lowest BCUT2D eigenvalue weighted by atomic mass is 10.2. The summed E-state index contributed by atoms with van der Waals surface area (Å²) >= 11 is 0. The topological polar surface area (TPSA) is 63.2 Å². The van der Waals surface area contributed by atoms with Crippen LogP contribution in [-0.2, 0) is 13.0 Å². The van der Waals surface area contributed by atoms with Gasteiger partial charge < -0.3 is 4.74 Å². The molecule has 21 heavy (non-hydrogen) atoms. The van der Waals surface area contributed by atoms with Crippen molar-refractivity contribution < 1.29 is 4.74 Å². The van der Waals surface area contributed by atoms with Crippen molar-refractivity contribution in [1.82, 2.24) is 14.4 Å². The third kappa shape index (κ3) is 2.56. The van der Waals surface area contributed by atoms with Crippen LogP contribution in [0.4, 0.5) is 0 Å². The highest BCUT2D eigenvalue weighted by Gasteiger charge is 2.13. The average Bonchev–Trinajstić information content (AvgIpc) is 2.83. The van der Waals surface area contributed by atoms with Gasteiger partial charge in [-0.2, -0.15) is 5.26 Å². The van der Waals surface area contributed by atoms with Crippen LogP contribution < -0.4 is 4.74 Å². The van der Waals surface area contributed by atoms with Crippen molar-refractivity contribution >= 4 is 5.65 Å². The second-order valence-electron chi connectivity index (χ2n) is 4.68. The molecule has 3 aromatic rings. The molecule has 0 atom stereocenters. The van der Waals surface area contributed by atoms with Gasteiger partial charge in [-0.05, 0) is 12.5 Å². The standard InChI is InChI=1S/C16H14N4O/c1-12-14(7-8-17)20-10-9-18-16(15(20)19-12)21-11-13-5-3-2-4-6-13/h2-6,9-10H,7,11H2,1H3. The number of hydrogen-bond donors (Lipinski definition) is 0. The summed E-state index contributed by atoms with van der Waals surface area (Å²) in [6.07, 6.45) is 3.78. The summed E-state index contributed by atoms with van der Waals surface area (Å²) in [7, 11) is 0. The molecule has 2 aromatic heterocycles. The zero-order valence-electron chi connectivity index (χ0n) is 11.7. The van der Waals surface area contributed by atoms with Crippen molar-refractivity contribution in [3.8, 4) is 11.9 Å². The van der Waals surface area contributed by atoms with Gasteiger partial charge in [0.25, 0.3) is 5.88 Å². The van der Waals surface area contributed by atoms with Crippen molar-refractivity contribution in [3.05, 3.63) is 59.7 Å². The molecule has 0 fully saturated rings.